The minimum atomic E-state index is -0.844. The third-order valence-electron chi connectivity index (χ3n) is 4.71. The molecule has 0 bridgehead atoms. The maximum absolute atomic E-state index is 12.9. The van der Waals surface area contributed by atoms with E-state index in [-0.39, 0.29) is 30.1 Å². The molecule has 3 unspecified atom stereocenters. The van der Waals surface area contributed by atoms with Gasteiger partial charge in [0, 0.05) is 19.0 Å². The first kappa shape index (κ1) is 14.0. The first-order valence-corrected chi connectivity index (χ1v) is 7.18. The molecule has 1 aromatic rings. The number of carboxylic acid groups (broad SMARTS) is 1. The zero-order chi connectivity index (χ0) is 15.2. The van der Waals surface area contributed by atoms with Crippen molar-refractivity contribution in [2.75, 3.05) is 13.1 Å². The van der Waals surface area contributed by atoms with Crippen molar-refractivity contribution in [3.05, 3.63) is 35.6 Å². The molecule has 4 nitrogen and oxygen atoms in total. The van der Waals surface area contributed by atoms with E-state index in [1.807, 2.05) is 0 Å². The van der Waals surface area contributed by atoms with E-state index in [9.17, 15) is 19.1 Å². The fourth-order valence-electron chi connectivity index (χ4n) is 3.10. The molecular formula is C16H18FNO3. The van der Waals surface area contributed by atoms with Gasteiger partial charge in [0.15, 0.2) is 0 Å². The number of amides is 1. The summed E-state index contributed by atoms with van der Waals surface area (Å²) in [5, 5.41) is 9.21. The molecule has 1 aromatic carbocycles. The van der Waals surface area contributed by atoms with Crippen LogP contribution in [0.5, 0.6) is 0 Å². The number of hydrogen-bond donors (Lipinski definition) is 1. The van der Waals surface area contributed by atoms with Crippen molar-refractivity contribution < 1.29 is 19.1 Å². The van der Waals surface area contributed by atoms with Gasteiger partial charge in [-0.15, -0.1) is 0 Å². The quantitative estimate of drug-likeness (QED) is 0.929. The lowest BCUT2D eigenvalue weighted by molar-refractivity contribution is -0.147. The lowest BCUT2D eigenvalue weighted by Gasteiger charge is -2.20. The minimum absolute atomic E-state index is 0.0364. The van der Waals surface area contributed by atoms with Crippen LogP contribution in [-0.2, 0) is 9.59 Å². The van der Waals surface area contributed by atoms with Crippen LogP contribution in [0.4, 0.5) is 4.39 Å². The molecule has 2 fully saturated rings. The Morgan fingerprint density at radius 1 is 1.33 bits per heavy atom. The smallest absolute Gasteiger partial charge is 0.311 e. The Kier molecular flexibility index (Phi) is 3.23. The Labute approximate surface area is 122 Å². The molecule has 2 aliphatic rings. The number of nitrogens with zero attached hydrogens (tertiary/aromatic N) is 1. The van der Waals surface area contributed by atoms with Crippen molar-refractivity contribution >= 4 is 11.9 Å². The number of carbonyl (C=O) groups excluding carboxylic acids is 1. The predicted molar refractivity (Wildman–Crippen MR) is 74.2 cm³/mol. The summed E-state index contributed by atoms with van der Waals surface area (Å²) < 4.78 is 12.9. The zero-order valence-corrected chi connectivity index (χ0v) is 11.9. The van der Waals surface area contributed by atoms with Crippen LogP contribution in [0.1, 0.15) is 31.2 Å². The molecule has 1 saturated heterocycles. The lowest BCUT2D eigenvalue weighted by Crippen LogP contribution is -2.35. The molecule has 1 aliphatic heterocycles. The summed E-state index contributed by atoms with van der Waals surface area (Å²) in [6.07, 6.45) is 1.27. The highest BCUT2D eigenvalue weighted by molar-refractivity contribution is 5.85. The minimum Gasteiger partial charge on any atom is -0.481 e. The Morgan fingerprint density at radius 2 is 2.00 bits per heavy atom. The van der Waals surface area contributed by atoms with E-state index in [0.717, 1.165) is 12.0 Å². The standard InChI is InChI=1S/C16H18FNO3/c1-16(15(20)21)6-7-18(9-16)14(19)13-8-12(13)10-2-4-11(17)5-3-10/h2-5,12-13H,6-9H2,1H3,(H,20,21). The van der Waals surface area contributed by atoms with E-state index in [1.165, 1.54) is 12.1 Å². The van der Waals surface area contributed by atoms with Gasteiger partial charge in [-0.2, -0.15) is 0 Å². The van der Waals surface area contributed by atoms with E-state index in [2.05, 4.69) is 0 Å². The highest BCUT2D eigenvalue weighted by Gasteiger charge is 2.49. The molecule has 5 heteroatoms. The second-order valence-electron chi connectivity index (χ2n) is 6.38. The number of likely N-dealkylation sites (tertiary alicyclic amines) is 1. The van der Waals surface area contributed by atoms with Gasteiger partial charge in [0.2, 0.25) is 5.91 Å². The Hall–Kier alpha value is -1.91. The van der Waals surface area contributed by atoms with Crippen molar-refractivity contribution in [2.45, 2.75) is 25.7 Å². The molecule has 21 heavy (non-hydrogen) atoms. The van der Waals surface area contributed by atoms with Crippen LogP contribution in [0, 0.1) is 17.2 Å². The molecule has 3 atom stereocenters. The maximum Gasteiger partial charge on any atom is 0.311 e. The van der Waals surface area contributed by atoms with E-state index in [0.29, 0.717) is 13.0 Å². The maximum atomic E-state index is 12.9. The summed E-state index contributed by atoms with van der Waals surface area (Å²) in [7, 11) is 0. The van der Waals surface area contributed by atoms with Crippen LogP contribution in [0.2, 0.25) is 0 Å². The molecule has 112 valence electrons. The first-order chi connectivity index (χ1) is 9.90. The Morgan fingerprint density at radius 3 is 2.57 bits per heavy atom. The highest BCUT2D eigenvalue weighted by Crippen LogP contribution is 2.49. The number of aliphatic carboxylic acids is 1. The number of hydrogen-bond acceptors (Lipinski definition) is 2. The van der Waals surface area contributed by atoms with Gasteiger partial charge >= 0.3 is 5.97 Å². The SMILES string of the molecule is CC1(C(=O)O)CCN(C(=O)C2CC2c2ccc(F)cc2)C1. The van der Waals surface area contributed by atoms with Crippen molar-refractivity contribution in [1.82, 2.24) is 4.90 Å². The summed E-state index contributed by atoms with van der Waals surface area (Å²) in [4.78, 5) is 25.3. The van der Waals surface area contributed by atoms with Gasteiger partial charge in [-0.1, -0.05) is 12.1 Å². The van der Waals surface area contributed by atoms with Gasteiger partial charge in [-0.05, 0) is 43.4 Å². The third kappa shape index (κ3) is 2.52. The van der Waals surface area contributed by atoms with Crippen LogP contribution in [0.25, 0.3) is 0 Å². The van der Waals surface area contributed by atoms with E-state index in [1.54, 1.807) is 24.0 Å². The summed E-state index contributed by atoms with van der Waals surface area (Å²) in [5.41, 5.74) is 0.158. The van der Waals surface area contributed by atoms with Gasteiger partial charge in [-0.3, -0.25) is 9.59 Å². The fourth-order valence-corrected chi connectivity index (χ4v) is 3.10. The molecule has 0 spiro atoms. The van der Waals surface area contributed by atoms with Crippen LogP contribution in [0.15, 0.2) is 24.3 Å². The van der Waals surface area contributed by atoms with E-state index >= 15 is 0 Å². The molecule has 1 aliphatic carbocycles. The number of halogens is 1. The summed E-state index contributed by atoms with van der Waals surface area (Å²) in [6, 6.07) is 6.26. The molecule has 1 N–H and O–H groups in total. The summed E-state index contributed by atoms with van der Waals surface area (Å²) in [5.74, 6) is -1.02. The van der Waals surface area contributed by atoms with E-state index < -0.39 is 11.4 Å². The average Bonchev–Trinajstić information content (AvgIpc) is 3.14. The number of carboxylic acids is 1. The average molecular weight is 291 g/mol. The zero-order valence-electron chi connectivity index (χ0n) is 11.9. The van der Waals surface area contributed by atoms with Crippen molar-refractivity contribution in [1.29, 1.82) is 0 Å². The lowest BCUT2D eigenvalue weighted by atomic mass is 9.90. The number of rotatable bonds is 3. The summed E-state index contributed by atoms with van der Waals surface area (Å²) >= 11 is 0. The second kappa shape index (κ2) is 4.83. The first-order valence-electron chi connectivity index (χ1n) is 7.18. The van der Waals surface area contributed by atoms with Crippen LogP contribution < -0.4 is 0 Å². The molecule has 1 saturated carbocycles. The van der Waals surface area contributed by atoms with Crippen molar-refractivity contribution in [2.24, 2.45) is 11.3 Å². The largest absolute Gasteiger partial charge is 0.481 e. The topological polar surface area (TPSA) is 57.6 Å². The third-order valence-corrected chi connectivity index (χ3v) is 4.71. The normalized spacial score (nSPS) is 31.2. The van der Waals surface area contributed by atoms with Gasteiger partial charge < -0.3 is 10.0 Å². The second-order valence-corrected chi connectivity index (χ2v) is 6.38. The Bertz CT molecular complexity index is 586. The molecule has 3 rings (SSSR count). The number of benzene rings is 1. The molecular weight excluding hydrogens is 273 g/mol. The van der Waals surface area contributed by atoms with Crippen LogP contribution in [0.3, 0.4) is 0 Å². The van der Waals surface area contributed by atoms with Crippen LogP contribution >= 0.6 is 0 Å². The molecule has 1 amide bonds. The van der Waals surface area contributed by atoms with Gasteiger partial charge in [0.05, 0.1) is 5.41 Å². The van der Waals surface area contributed by atoms with Gasteiger partial charge in [0.25, 0.3) is 0 Å². The highest BCUT2D eigenvalue weighted by atomic mass is 19.1. The fraction of sp³-hybridized carbons (Fsp3) is 0.500. The van der Waals surface area contributed by atoms with Crippen molar-refractivity contribution in [3.63, 3.8) is 0 Å². The van der Waals surface area contributed by atoms with Crippen molar-refractivity contribution in [3.8, 4) is 0 Å². The summed E-state index contributed by atoms with van der Waals surface area (Å²) in [6.45, 7) is 2.48. The Balaban J connectivity index is 1.64. The molecule has 1 heterocycles. The van der Waals surface area contributed by atoms with Gasteiger partial charge in [-0.25, -0.2) is 4.39 Å². The molecule has 0 aromatic heterocycles. The van der Waals surface area contributed by atoms with Gasteiger partial charge in [0.1, 0.15) is 5.82 Å². The number of carbonyl (C=O) groups is 2. The molecule has 0 radical (unpaired) electrons. The van der Waals surface area contributed by atoms with E-state index in [4.69, 9.17) is 0 Å². The monoisotopic (exact) mass is 291 g/mol. The van der Waals surface area contributed by atoms with Crippen LogP contribution in [-0.4, -0.2) is 35.0 Å². The predicted octanol–water partition coefficient (Wildman–Crippen LogP) is 2.25.